The number of methoxy groups -OCH3 is 4. The number of ketones is 2. The summed E-state index contributed by atoms with van der Waals surface area (Å²) in [5.74, 6) is 1.79. The highest BCUT2D eigenvalue weighted by Gasteiger charge is 2.22. The Hall–Kier alpha value is -8.76. The molecule has 4 heterocycles. The number of hydrogen-bond donors (Lipinski definition) is 2. The van der Waals surface area contributed by atoms with Crippen molar-refractivity contribution in [3.63, 3.8) is 0 Å². The van der Waals surface area contributed by atoms with Crippen LogP contribution in [0.25, 0.3) is 40.3 Å². The van der Waals surface area contributed by atoms with E-state index in [0.717, 1.165) is 40.3 Å². The molecule has 0 bridgehead atoms. The van der Waals surface area contributed by atoms with Crippen molar-refractivity contribution >= 4 is 133 Å². The molecule has 4 aromatic heterocycles. The first-order valence-corrected chi connectivity index (χ1v) is 33.8. The van der Waals surface area contributed by atoms with E-state index in [1.165, 1.54) is 62.3 Å². The van der Waals surface area contributed by atoms with Crippen molar-refractivity contribution in [2.24, 2.45) is 0 Å². The number of aliphatic hydroxyl groups is 1. The van der Waals surface area contributed by atoms with Crippen LogP contribution in [-0.4, -0.2) is 176 Å². The highest BCUT2D eigenvalue weighted by Crippen LogP contribution is 2.41. The molecule has 4 aromatic carbocycles. The molecular weight excluding hydrogens is 1310 g/mol. The van der Waals surface area contributed by atoms with Gasteiger partial charge in [-0.2, -0.15) is 0 Å². The number of phenols is 1. The number of aromatic hydroxyl groups is 1. The third kappa shape index (κ3) is 21.9. The average molecular weight is 1390 g/mol. The Kier molecular flexibility index (Phi) is 30.1. The summed E-state index contributed by atoms with van der Waals surface area (Å²) in [6.45, 7) is 9.88. The molecule has 0 aliphatic rings. The van der Waals surface area contributed by atoms with Crippen molar-refractivity contribution in [3.05, 3.63) is 92.3 Å². The van der Waals surface area contributed by atoms with Gasteiger partial charge in [0.25, 0.3) is 11.8 Å². The Labute approximate surface area is 566 Å². The predicted molar refractivity (Wildman–Crippen MR) is 365 cm³/mol. The van der Waals surface area contributed by atoms with Crippen LogP contribution in [0.3, 0.4) is 0 Å². The third-order valence-electron chi connectivity index (χ3n) is 13.9. The summed E-state index contributed by atoms with van der Waals surface area (Å²) in [7, 11) is 9.45. The summed E-state index contributed by atoms with van der Waals surface area (Å²) in [6, 6.07) is 21.5. The first kappa shape index (κ1) is 75.3. The first-order valence-electron chi connectivity index (χ1n) is 30.6. The number of carbonyl (C=O) groups is 8. The van der Waals surface area contributed by atoms with E-state index in [-0.39, 0.29) is 111 Å². The Morgan fingerprint density at radius 1 is 0.379 bits per heavy atom. The maximum atomic E-state index is 13.0. The van der Waals surface area contributed by atoms with E-state index in [1.54, 1.807) is 93.5 Å². The lowest BCUT2D eigenvalue weighted by Crippen LogP contribution is -2.28. The molecule has 0 radical (unpaired) electrons. The molecule has 95 heavy (non-hydrogen) atoms. The van der Waals surface area contributed by atoms with Crippen LogP contribution >= 0.6 is 45.3 Å². The first-order chi connectivity index (χ1) is 45.7. The zero-order valence-corrected chi connectivity index (χ0v) is 58.1. The number of Topliss-reactive ketones (excluding diaryl/α,β-unsaturated/α-hetero) is 2. The molecule has 23 nitrogen and oxygen atoms in total. The van der Waals surface area contributed by atoms with Gasteiger partial charge in [0.2, 0.25) is 0 Å². The van der Waals surface area contributed by atoms with Crippen LogP contribution in [0, 0.1) is 0 Å². The van der Waals surface area contributed by atoms with Gasteiger partial charge in [0.15, 0.2) is 57.6 Å². The maximum Gasteiger partial charge on any atom is 0.307 e. The van der Waals surface area contributed by atoms with Crippen LogP contribution < -0.4 is 33.2 Å². The fourth-order valence-corrected chi connectivity index (χ4v) is 13.3. The number of thiophene rings is 4. The van der Waals surface area contributed by atoms with Gasteiger partial charge in [-0.05, 0) is 97.8 Å². The highest BCUT2D eigenvalue weighted by molar-refractivity contribution is 7.22. The maximum absolute atomic E-state index is 13.0. The Bertz CT molecular complexity index is 3940. The molecule has 0 unspecified atom stereocenters. The SMILES string of the molecule is CCOC(=O)CCC(=O)c1cc2cc(OC)c(OCCCO)cc2s1.CCOC(=O)CCC(=O)c1cc2cc(OC)c(OCCCOc3cc4sc(C(=O)N(C)CCC(=O)OCC)cc4cc3OC)cc2s1.CCOC(=O)CCN(C)C(=O)c1cc2cc(OC)c(O)cc2s1. The molecule has 8 aromatic rings. The van der Waals surface area contributed by atoms with E-state index in [1.807, 2.05) is 42.5 Å². The van der Waals surface area contributed by atoms with Gasteiger partial charge in [-0.25, -0.2) is 0 Å². The van der Waals surface area contributed by atoms with Gasteiger partial charge in [-0.3, -0.25) is 38.4 Å². The van der Waals surface area contributed by atoms with Gasteiger partial charge in [-0.15, -0.1) is 45.3 Å². The molecule has 0 spiro atoms. The summed E-state index contributed by atoms with van der Waals surface area (Å²) in [5.41, 5.74) is 0. The second kappa shape index (κ2) is 38.0. The normalized spacial score (nSPS) is 10.8. The van der Waals surface area contributed by atoms with E-state index in [0.29, 0.717) is 119 Å². The van der Waals surface area contributed by atoms with Crippen molar-refractivity contribution < 1.29 is 101 Å². The van der Waals surface area contributed by atoms with E-state index < -0.39 is 0 Å². The lowest BCUT2D eigenvalue weighted by molar-refractivity contribution is -0.144. The standard InChI is InChI=1S/C34H39NO10S2.C18H22O6S.C16H19NO5S/c1-6-42-32(37)10-9-23(36)30-17-21-15-24(40-4)26(19-28(21)46-30)44-13-8-14-45-27-20-29-22(16-25(27)41-5)18-31(47-29)34(39)35(3)12-11-33(38)43-7-2;1-3-23-18(21)6-5-13(20)17-10-12-9-14(22-2)15(11-16(12)25-17)24-8-4-7-19;1-4-22-15(19)5-6-17(2)16(20)14-8-10-7-12(21-3)11(18)9-13(10)23-14/h15-20H,6-14H2,1-5H3;9-11,19H,3-8H2,1-2H3;7-9,18H,4-6H2,1-3H3. The third-order valence-corrected chi connectivity index (χ3v) is 18.3. The minimum Gasteiger partial charge on any atom is -0.504 e. The summed E-state index contributed by atoms with van der Waals surface area (Å²) < 4.78 is 62.2. The van der Waals surface area contributed by atoms with Crippen LogP contribution in [0.15, 0.2) is 72.8 Å². The Balaban J connectivity index is 0.000000249. The van der Waals surface area contributed by atoms with Crippen molar-refractivity contribution in [1.29, 1.82) is 0 Å². The van der Waals surface area contributed by atoms with Crippen molar-refractivity contribution in [2.75, 3.05) is 108 Å². The largest absolute Gasteiger partial charge is 0.504 e. The molecule has 0 saturated carbocycles. The van der Waals surface area contributed by atoms with Crippen molar-refractivity contribution in [3.8, 4) is 46.0 Å². The number of benzene rings is 4. The Morgan fingerprint density at radius 3 is 1.02 bits per heavy atom. The molecule has 0 fully saturated rings. The van der Waals surface area contributed by atoms with E-state index in [4.69, 9.17) is 57.2 Å². The fraction of sp³-hybridized carbons (Fsp3) is 0.412. The van der Waals surface area contributed by atoms with Gasteiger partial charge < -0.3 is 72.1 Å². The Morgan fingerprint density at radius 2 is 0.684 bits per heavy atom. The summed E-state index contributed by atoms with van der Waals surface area (Å²) in [4.78, 5) is 102. The molecule has 27 heteroatoms. The second-order valence-electron chi connectivity index (χ2n) is 20.6. The smallest absolute Gasteiger partial charge is 0.307 e. The van der Waals surface area contributed by atoms with Gasteiger partial charge in [-0.1, -0.05) is 0 Å². The number of esters is 4. The van der Waals surface area contributed by atoms with Crippen molar-refractivity contribution in [2.45, 2.75) is 79.1 Å². The van der Waals surface area contributed by atoms with E-state index in [9.17, 15) is 43.5 Å². The lowest BCUT2D eigenvalue weighted by Gasteiger charge is -2.15. The molecule has 0 atom stereocenters. The predicted octanol–water partition coefficient (Wildman–Crippen LogP) is 12.4. The molecule has 0 aliphatic heterocycles. The fourth-order valence-electron chi connectivity index (χ4n) is 9.04. The van der Waals surface area contributed by atoms with Gasteiger partial charge in [0.1, 0.15) is 0 Å². The minimum atomic E-state index is -0.386. The number of hydrogen-bond acceptors (Lipinski definition) is 25. The lowest BCUT2D eigenvalue weighted by atomic mass is 10.1. The van der Waals surface area contributed by atoms with E-state index >= 15 is 0 Å². The number of amides is 2. The average Bonchev–Trinajstić information content (AvgIpc) is 1.71. The van der Waals surface area contributed by atoms with Crippen LogP contribution in [0.5, 0.6) is 46.0 Å². The van der Waals surface area contributed by atoms with Gasteiger partial charge >= 0.3 is 23.9 Å². The number of fused-ring (bicyclic) bond motifs is 4. The van der Waals surface area contributed by atoms with Crippen LogP contribution in [0.2, 0.25) is 0 Å². The zero-order chi connectivity index (χ0) is 69.1. The molecule has 2 amide bonds. The van der Waals surface area contributed by atoms with Gasteiger partial charge in [0, 0.05) is 103 Å². The number of rotatable bonds is 34. The molecule has 0 aliphatic carbocycles. The zero-order valence-electron chi connectivity index (χ0n) is 54.8. The molecule has 2 N–H and O–H groups in total. The van der Waals surface area contributed by atoms with Crippen LogP contribution in [0.4, 0.5) is 0 Å². The topological polar surface area (TPSA) is 285 Å². The van der Waals surface area contributed by atoms with Crippen LogP contribution in [-0.2, 0) is 38.1 Å². The summed E-state index contributed by atoms with van der Waals surface area (Å²) in [5, 5.41) is 22.1. The monoisotopic (exact) mass is 1390 g/mol. The minimum absolute atomic E-state index is 0.0384. The molecule has 0 saturated heterocycles. The summed E-state index contributed by atoms with van der Waals surface area (Å²) in [6.07, 6.45) is 1.73. The number of aliphatic hydroxyl groups excluding tert-OH is 1. The number of ether oxygens (including phenoxy) is 11. The molecule has 8 rings (SSSR count). The number of phenolic OH excluding ortho intramolecular Hbond substituents is 1. The van der Waals surface area contributed by atoms with E-state index in [2.05, 4.69) is 0 Å². The molecule has 512 valence electrons. The number of nitrogens with zero attached hydrogens (tertiary/aromatic N) is 2. The van der Waals surface area contributed by atoms with Crippen molar-refractivity contribution in [1.82, 2.24) is 9.80 Å². The van der Waals surface area contributed by atoms with Crippen LogP contribution in [0.1, 0.15) is 118 Å². The second-order valence-corrected chi connectivity index (χ2v) is 25.0. The highest BCUT2D eigenvalue weighted by atomic mass is 32.1. The molecular formula is C68H80N2O21S4. The summed E-state index contributed by atoms with van der Waals surface area (Å²) >= 11 is 5.33. The van der Waals surface area contributed by atoms with Gasteiger partial charge in [0.05, 0.1) is 120 Å². The number of carbonyl (C=O) groups excluding carboxylic acids is 8. The quantitative estimate of drug-likeness (QED) is 0.0164.